The summed E-state index contributed by atoms with van der Waals surface area (Å²) in [5.74, 6) is 0.547. The molecule has 2 saturated heterocycles. The molecule has 2 amide bonds. The Morgan fingerprint density at radius 3 is 2.37 bits per heavy atom. The number of likely N-dealkylation sites (tertiary alicyclic amines) is 1. The molecule has 1 unspecified atom stereocenters. The summed E-state index contributed by atoms with van der Waals surface area (Å²) >= 11 is 0. The standard InChI is InChI=1S/C27H33FN2O5/c1-33-24-14-21(15-25(16-24)34-2)27(32)29-10-8-20(9-11-29)26(31)30(18-23-7-4-12-35-23)17-19-5-3-6-22(28)13-19/h3,5-6,13-16,20,23H,4,7-12,17-18H2,1-2H3. The summed E-state index contributed by atoms with van der Waals surface area (Å²) in [6.07, 6.45) is 3.08. The summed E-state index contributed by atoms with van der Waals surface area (Å²) in [5.41, 5.74) is 1.26. The van der Waals surface area contributed by atoms with E-state index in [2.05, 4.69) is 0 Å². The van der Waals surface area contributed by atoms with E-state index in [0.29, 0.717) is 62.7 Å². The molecule has 2 aliphatic heterocycles. The van der Waals surface area contributed by atoms with E-state index in [0.717, 1.165) is 18.4 Å². The molecule has 0 radical (unpaired) electrons. The zero-order chi connectivity index (χ0) is 24.8. The number of hydrogen-bond donors (Lipinski definition) is 0. The molecule has 1 atom stereocenters. The van der Waals surface area contributed by atoms with Crippen molar-refractivity contribution < 1.29 is 28.2 Å². The Morgan fingerprint density at radius 1 is 1.06 bits per heavy atom. The lowest BCUT2D eigenvalue weighted by molar-refractivity contribution is -0.139. The first-order valence-electron chi connectivity index (χ1n) is 12.1. The van der Waals surface area contributed by atoms with Crippen molar-refractivity contribution >= 4 is 11.8 Å². The molecule has 2 aliphatic rings. The first-order chi connectivity index (χ1) is 17.0. The largest absolute Gasteiger partial charge is 0.497 e. The van der Waals surface area contributed by atoms with Gasteiger partial charge in [0, 0.05) is 50.3 Å². The minimum atomic E-state index is -0.312. The lowest BCUT2D eigenvalue weighted by Gasteiger charge is -2.35. The number of ether oxygens (including phenoxy) is 3. The second kappa shape index (κ2) is 11.5. The van der Waals surface area contributed by atoms with Gasteiger partial charge < -0.3 is 24.0 Å². The fourth-order valence-electron chi connectivity index (χ4n) is 4.82. The number of nitrogens with zero attached hydrogens (tertiary/aromatic N) is 2. The smallest absolute Gasteiger partial charge is 0.254 e. The summed E-state index contributed by atoms with van der Waals surface area (Å²) in [6, 6.07) is 11.5. The molecular weight excluding hydrogens is 451 g/mol. The monoisotopic (exact) mass is 484 g/mol. The van der Waals surface area contributed by atoms with Crippen LogP contribution >= 0.6 is 0 Å². The topological polar surface area (TPSA) is 68.3 Å². The summed E-state index contributed by atoms with van der Waals surface area (Å²) in [7, 11) is 3.10. The zero-order valence-electron chi connectivity index (χ0n) is 20.4. The number of hydrogen-bond acceptors (Lipinski definition) is 5. The molecule has 0 bridgehead atoms. The van der Waals surface area contributed by atoms with Gasteiger partial charge in [-0.25, -0.2) is 4.39 Å². The Balaban J connectivity index is 1.41. The predicted molar refractivity (Wildman–Crippen MR) is 129 cm³/mol. The molecule has 2 aromatic carbocycles. The van der Waals surface area contributed by atoms with Gasteiger partial charge in [0.15, 0.2) is 0 Å². The van der Waals surface area contributed by atoms with Crippen LogP contribution in [0.3, 0.4) is 0 Å². The molecule has 35 heavy (non-hydrogen) atoms. The third-order valence-electron chi connectivity index (χ3n) is 6.75. The molecule has 2 fully saturated rings. The number of piperidine rings is 1. The van der Waals surface area contributed by atoms with Gasteiger partial charge >= 0.3 is 0 Å². The molecule has 0 saturated carbocycles. The van der Waals surface area contributed by atoms with E-state index in [1.165, 1.54) is 12.1 Å². The Bertz CT molecular complexity index is 1010. The predicted octanol–water partition coefficient (Wildman–Crippen LogP) is 3.90. The first kappa shape index (κ1) is 25.0. The van der Waals surface area contributed by atoms with E-state index in [9.17, 15) is 14.0 Å². The highest BCUT2D eigenvalue weighted by molar-refractivity contribution is 5.95. The van der Waals surface area contributed by atoms with E-state index in [-0.39, 0.29) is 29.7 Å². The first-order valence-corrected chi connectivity index (χ1v) is 12.1. The van der Waals surface area contributed by atoms with Crippen molar-refractivity contribution in [1.29, 1.82) is 0 Å². The van der Waals surface area contributed by atoms with E-state index >= 15 is 0 Å². The summed E-state index contributed by atoms with van der Waals surface area (Å²) in [6.45, 7) is 2.53. The normalized spacial score (nSPS) is 18.4. The molecule has 188 valence electrons. The van der Waals surface area contributed by atoms with Crippen molar-refractivity contribution in [3.05, 3.63) is 59.4 Å². The highest BCUT2D eigenvalue weighted by Gasteiger charge is 2.32. The highest BCUT2D eigenvalue weighted by Crippen LogP contribution is 2.27. The van der Waals surface area contributed by atoms with Gasteiger partial charge in [0.2, 0.25) is 5.91 Å². The van der Waals surface area contributed by atoms with Crippen molar-refractivity contribution in [2.75, 3.05) is 40.5 Å². The minimum Gasteiger partial charge on any atom is -0.497 e. The summed E-state index contributed by atoms with van der Waals surface area (Å²) in [5, 5.41) is 0. The Kier molecular flexibility index (Phi) is 8.23. The second-order valence-corrected chi connectivity index (χ2v) is 9.15. The average molecular weight is 485 g/mol. The zero-order valence-corrected chi connectivity index (χ0v) is 20.4. The fraction of sp³-hybridized carbons (Fsp3) is 0.481. The van der Waals surface area contributed by atoms with E-state index in [1.807, 2.05) is 6.07 Å². The van der Waals surface area contributed by atoms with Gasteiger partial charge in [-0.1, -0.05) is 12.1 Å². The molecule has 7 nitrogen and oxygen atoms in total. The number of amides is 2. The van der Waals surface area contributed by atoms with E-state index < -0.39 is 0 Å². The maximum atomic E-state index is 13.8. The Morgan fingerprint density at radius 2 is 1.77 bits per heavy atom. The van der Waals surface area contributed by atoms with Gasteiger partial charge in [-0.3, -0.25) is 9.59 Å². The number of rotatable bonds is 8. The molecule has 8 heteroatoms. The average Bonchev–Trinajstić information content (AvgIpc) is 3.40. The molecule has 0 N–H and O–H groups in total. The number of halogens is 1. The van der Waals surface area contributed by atoms with Crippen molar-refractivity contribution in [2.45, 2.75) is 38.3 Å². The quantitative estimate of drug-likeness (QED) is 0.569. The third kappa shape index (κ3) is 6.31. The highest BCUT2D eigenvalue weighted by atomic mass is 19.1. The van der Waals surface area contributed by atoms with E-state index in [1.54, 1.807) is 48.3 Å². The van der Waals surface area contributed by atoms with Crippen LogP contribution in [0.25, 0.3) is 0 Å². The lowest BCUT2D eigenvalue weighted by atomic mass is 9.94. The van der Waals surface area contributed by atoms with Gasteiger partial charge in [-0.2, -0.15) is 0 Å². The van der Waals surface area contributed by atoms with Crippen LogP contribution in [0.1, 0.15) is 41.6 Å². The van der Waals surface area contributed by atoms with Gasteiger partial charge in [-0.05, 0) is 55.5 Å². The van der Waals surface area contributed by atoms with Crippen LogP contribution in [-0.4, -0.2) is 68.2 Å². The molecule has 0 aromatic heterocycles. The Hall–Kier alpha value is -3.13. The van der Waals surface area contributed by atoms with Crippen molar-refractivity contribution in [1.82, 2.24) is 9.80 Å². The minimum absolute atomic E-state index is 0.0113. The maximum absolute atomic E-state index is 13.8. The van der Waals surface area contributed by atoms with Gasteiger partial charge in [0.25, 0.3) is 5.91 Å². The van der Waals surface area contributed by atoms with Crippen LogP contribution in [0.2, 0.25) is 0 Å². The molecule has 2 aromatic rings. The summed E-state index contributed by atoms with van der Waals surface area (Å²) < 4.78 is 30.1. The number of benzene rings is 2. The van der Waals surface area contributed by atoms with Crippen LogP contribution in [0.5, 0.6) is 11.5 Å². The maximum Gasteiger partial charge on any atom is 0.254 e. The fourth-order valence-corrected chi connectivity index (χ4v) is 4.82. The van der Waals surface area contributed by atoms with Gasteiger partial charge in [-0.15, -0.1) is 0 Å². The van der Waals surface area contributed by atoms with Crippen LogP contribution in [0, 0.1) is 11.7 Å². The Labute approximate surface area is 205 Å². The number of methoxy groups -OCH3 is 2. The second-order valence-electron chi connectivity index (χ2n) is 9.15. The lowest BCUT2D eigenvalue weighted by Crippen LogP contribution is -2.46. The number of carbonyl (C=O) groups excluding carboxylic acids is 2. The third-order valence-corrected chi connectivity index (χ3v) is 6.75. The summed E-state index contributed by atoms with van der Waals surface area (Å²) in [4.78, 5) is 30.2. The van der Waals surface area contributed by atoms with Crippen LogP contribution < -0.4 is 9.47 Å². The van der Waals surface area contributed by atoms with Gasteiger partial charge in [0.1, 0.15) is 17.3 Å². The molecule has 0 aliphatic carbocycles. The van der Waals surface area contributed by atoms with Crippen molar-refractivity contribution in [3.8, 4) is 11.5 Å². The molecule has 2 heterocycles. The van der Waals surface area contributed by atoms with Crippen molar-refractivity contribution in [3.63, 3.8) is 0 Å². The number of carbonyl (C=O) groups is 2. The molecule has 0 spiro atoms. The molecular formula is C27H33FN2O5. The van der Waals surface area contributed by atoms with E-state index in [4.69, 9.17) is 14.2 Å². The van der Waals surface area contributed by atoms with Crippen LogP contribution in [0.15, 0.2) is 42.5 Å². The SMILES string of the molecule is COc1cc(OC)cc(C(=O)N2CCC(C(=O)N(Cc3cccc(F)c3)CC3CCCO3)CC2)c1. The van der Waals surface area contributed by atoms with Crippen LogP contribution in [0.4, 0.5) is 4.39 Å². The van der Waals surface area contributed by atoms with Crippen LogP contribution in [-0.2, 0) is 16.1 Å². The molecule has 4 rings (SSSR count). The van der Waals surface area contributed by atoms with Gasteiger partial charge in [0.05, 0.1) is 20.3 Å². The van der Waals surface area contributed by atoms with Crippen molar-refractivity contribution in [2.24, 2.45) is 5.92 Å².